The number of hydrogen-bond acceptors (Lipinski definition) is 3. The summed E-state index contributed by atoms with van der Waals surface area (Å²) in [5.74, 6) is -0.100. The van der Waals surface area contributed by atoms with Crippen LogP contribution in [0.1, 0.15) is 5.56 Å². The van der Waals surface area contributed by atoms with E-state index in [1.54, 1.807) is 18.2 Å². The Bertz CT molecular complexity index is 431. The maximum atomic E-state index is 13.2. The lowest BCUT2D eigenvalue weighted by atomic mass is 10.1. The first kappa shape index (κ1) is 13.1. The van der Waals surface area contributed by atoms with Crippen molar-refractivity contribution in [2.45, 2.75) is 6.42 Å². The minimum Gasteiger partial charge on any atom is -0.315 e. The van der Waals surface area contributed by atoms with Crippen molar-refractivity contribution in [3.05, 3.63) is 35.6 Å². The highest BCUT2D eigenvalue weighted by atomic mass is 32.2. The van der Waals surface area contributed by atoms with E-state index in [-0.39, 0.29) is 11.6 Å². The van der Waals surface area contributed by atoms with E-state index in [1.807, 2.05) is 0 Å². The third kappa shape index (κ3) is 5.23. The Hall–Kier alpha value is -0.940. The van der Waals surface area contributed by atoms with Gasteiger partial charge in [0.1, 0.15) is 15.7 Å². The molecule has 0 aliphatic heterocycles. The Morgan fingerprint density at radius 3 is 2.56 bits per heavy atom. The average Bonchev–Trinajstić information content (AvgIpc) is 2.18. The third-order valence-electron chi connectivity index (χ3n) is 2.18. The van der Waals surface area contributed by atoms with Crippen LogP contribution in [0.15, 0.2) is 24.3 Å². The van der Waals surface area contributed by atoms with Crippen LogP contribution in [0.5, 0.6) is 0 Å². The molecule has 1 rings (SSSR count). The van der Waals surface area contributed by atoms with Gasteiger partial charge >= 0.3 is 0 Å². The van der Waals surface area contributed by atoms with Crippen molar-refractivity contribution >= 4 is 9.84 Å². The number of benzene rings is 1. The smallest absolute Gasteiger partial charge is 0.148 e. The summed E-state index contributed by atoms with van der Waals surface area (Å²) in [6, 6.07) is 6.59. The summed E-state index contributed by atoms with van der Waals surface area (Å²) in [5.41, 5.74) is 0.648. The first-order valence-corrected chi connectivity index (χ1v) is 7.17. The molecule has 0 saturated heterocycles. The quantitative estimate of drug-likeness (QED) is 0.761. The van der Waals surface area contributed by atoms with Crippen LogP contribution in [0.3, 0.4) is 0 Å². The van der Waals surface area contributed by atoms with Crippen molar-refractivity contribution in [1.29, 1.82) is 0 Å². The van der Waals surface area contributed by atoms with E-state index < -0.39 is 9.84 Å². The largest absolute Gasteiger partial charge is 0.315 e. The van der Waals surface area contributed by atoms with Crippen molar-refractivity contribution in [2.24, 2.45) is 0 Å². The molecule has 0 unspecified atom stereocenters. The first-order chi connectivity index (χ1) is 7.49. The lowest BCUT2D eigenvalue weighted by Crippen LogP contribution is -2.24. The molecule has 3 nitrogen and oxygen atoms in total. The van der Waals surface area contributed by atoms with Gasteiger partial charge in [-0.3, -0.25) is 0 Å². The van der Waals surface area contributed by atoms with Crippen LogP contribution < -0.4 is 5.32 Å². The predicted molar refractivity (Wildman–Crippen MR) is 62.7 cm³/mol. The standard InChI is InChI=1S/C11H16FNO2S/c1-16(14,15)9-8-13-7-6-10-4-2-3-5-11(10)12/h2-5,13H,6-9H2,1H3. The molecule has 0 atom stereocenters. The van der Waals surface area contributed by atoms with Gasteiger partial charge in [0.05, 0.1) is 5.75 Å². The molecule has 0 radical (unpaired) electrons. The summed E-state index contributed by atoms with van der Waals surface area (Å²) in [6.07, 6.45) is 1.77. The van der Waals surface area contributed by atoms with Crippen molar-refractivity contribution in [2.75, 3.05) is 25.1 Å². The Morgan fingerprint density at radius 2 is 1.94 bits per heavy atom. The Morgan fingerprint density at radius 1 is 1.25 bits per heavy atom. The van der Waals surface area contributed by atoms with Crippen LogP contribution in [-0.4, -0.2) is 33.5 Å². The van der Waals surface area contributed by atoms with Gasteiger partial charge in [-0.15, -0.1) is 0 Å². The molecule has 1 aromatic rings. The van der Waals surface area contributed by atoms with Crippen molar-refractivity contribution in [1.82, 2.24) is 5.32 Å². The molecule has 90 valence electrons. The monoisotopic (exact) mass is 245 g/mol. The summed E-state index contributed by atoms with van der Waals surface area (Å²) >= 11 is 0. The van der Waals surface area contributed by atoms with Crippen LogP contribution in [0.4, 0.5) is 4.39 Å². The zero-order chi connectivity index (χ0) is 12.0. The van der Waals surface area contributed by atoms with Crippen LogP contribution in [-0.2, 0) is 16.3 Å². The molecule has 5 heteroatoms. The van der Waals surface area contributed by atoms with E-state index in [0.717, 1.165) is 0 Å². The van der Waals surface area contributed by atoms with Crippen LogP contribution in [0, 0.1) is 5.82 Å². The van der Waals surface area contributed by atoms with Gasteiger partial charge in [-0.1, -0.05) is 18.2 Å². The third-order valence-corrected chi connectivity index (χ3v) is 3.12. The van der Waals surface area contributed by atoms with Gasteiger partial charge in [0, 0.05) is 12.8 Å². The van der Waals surface area contributed by atoms with Gasteiger partial charge in [-0.2, -0.15) is 0 Å². The molecule has 0 spiro atoms. The summed E-state index contributed by atoms with van der Waals surface area (Å²) in [6.45, 7) is 0.990. The van der Waals surface area contributed by atoms with Gasteiger partial charge in [-0.05, 0) is 24.6 Å². The van der Waals surface area contributed by atoms with E-state index >= 15 is 0 Å². The van der Waals surface area contributed by atoms with E-state index in [2.05, 4.69) is 5.32 Å². The topological polar surface area (TPSA) is 46.2 Å². The molecule has 0 heterocycles. The molecule has 0 saturated carbocycles. The highest BCUT2D eigenvalue weighted by Gasteiger charge is 2.02. The van der Waals surface area contributed by atoms with Crippen molar-refractivity contribution in [3.8, 4) is 0 Å². The van der Waals surface area contributed by atoms with Gasteiger partial charge in [0.25, 0.3) is 0 Å². The zero-order valence-electron chi connectivity index (χ0n) is 9.24. The fourth-order valence-electron chi connectivity index (χ4n) is 1.31. The van der Waals surface area contributed by atoms with E-state index in [4.69, 9.17) is 0 Å². The fraction of sp³-hybridized carbons (Fsp3) is 0.455. The van der Waals surface area contributed by atoms with Crippen molar-refractivity contribution < 1.29 is 12.8 Å². The second-order valence-corrected chi connectivity index (χ2v) is 5.98. The lowest BCUT2D eigenvalue weighted by Gasteiger charge is -2.04. The summed E-state index contributed by atoms with van der Waals surface area (Å²) in [7, 11) is -2.91. The molecule has 0 bridgehead atoms. The number of nitrogens with one attached hydrogen (secondary N) is 1. The highest BCUT2D eigenvalue weighted by molar-refractivity contribution is 7.90. The minimum absolute atomic E-state index is 0.115. The number of rotatable bonds is 6. The molecule has 0 amide bonds. The van der Waals surface area contributed by atoms with Crippen LogP contribution >= 0.6 is 0 Å². The molecule has 0 aliphatic carbocycles. The average molecular weight is 245 g/mol. The molecular formula is C11H16FNO2S. The van der Waals surface area contributed by atoms with E-state index in [0.29, 0.717) is 25.1 Å². The van der Waals surface area contributed by atoms with Crippen molar-refractivity contribution in [3.63, 3.8) is 0 Å². The van der Waals surface area contributed by atoms with Gasteiger partial charge in [0.15, 0.2) is 0 Å². The van der Waals surface area contributed by atoms with Crippen LogP contribution in [0.25, 0.3) is 0 Å². The van der Waals surface area contributed by atoms with Crippen LogP contribution in [0.2, 0.25) is 0 Å². The lowest BCUT2D eigenvalue weighted by molar-refractivity contribution is 0.590. The van der Waals surface area contributed by atoms with E-state index in [1.165, 1.54) is 12.3 Å². The molecule has 0 fully saturated rings. The molecule has 1 N–H and O–H groups in total. The van der Waals surface area contributed by atoms with E-state index in [9.17, 15) is 12.8 Å². The second kappa shape index (κ2) is 5.96. The Kier molecular flexibility index (Phi) is 4.89. The number of halogens is 1. The molecule has 16 heavy (non-hydrogen) atoms. The summed E-state index contributed by atoms with van der Waals surface area (Å²) in [5, 5.41) is 2.97. The molecule has 0 aromatic heterocycles. The Balaban J connectivity index is 2.24. The molecule has 0 aliphatic rings. The molecule has 1 aromatic carbocycles. The number of sulfone groups is 1. The Labute approximate surface area is 95.6 Å². The fourth-order valence-corrected chi connectivity index (χ4v) is 1.82. The summed E-state index contributed by atoms with van der Waals surface area (Å²) < 4.78 is 34.8. The number of hydrogen-bond donors (Lipinski definition) is 1. The van der Waals surface area contributed by atoms with Gasteiger partial charge in [0.2, 0.25) is 0 Å². The highest BCUT2D eigenvalue weighted by Crippen LogP contribution is 2.05. The SMILES string of the molecule is CS(=O)(=O)CCNCCc1ccccc1F. The van der Waals surface area contributed by atoms with Gasteiger partial charge < -0.3 is 5.32 Å². The summed E-state index contributed by atoms with van der Waals surface area (Å²) in [4.78, 5) is 0. The maximum absolute atomic E-state index is 13.2. The normalized spacial score (nSPS) is 11.6. The van der Waals surface area contributed by atoms with Gasteiger partial charge in [-0.25, -0.2) is 12.8 Å². The zero-order valence-corrected chi connectivity index (χ0v) is 10.1. The minimum atomic E-state index is -2.91. The maximum Gasteiger partial charge on any atom is 0.148 e. The predicted octanol–water partition coefficient (Wildman–Crippen LogP) is 1.00. The second-order valence-electron chi connectivity index (χ2n) is 3.72. The molecular weight excluding hydrogens is 229 g/mol. The first-order valence-electron chi connectivity index (χ1n) is 5.11.